The summed E-state index contributed by atoms with van der Waals surface area (Å²) in [5.41, 5.74) is -1.12. The molecular weight excluding hydrogens is 373 g/mol. The van der Waals surface area contributed by atoms with Gasteiger partial charge in [0.15, 0.2) is 5.96 Å². The Bertz CT molecular complexity index is 634. The number of pyridine rings is 1. The first kappa shape index (κ1) is 20.6. The van der Waals surface area contributed by atoms with Crippen LogP contribution in [0.3, 0.4) is 0 Å². The number of aliphatic imine (C=N–C) groups is 1. The molecule has 0 radical (unpaired) electrons. The number of aromatic nitrogens is 1. The number of hydrogen-bond donors (Lipinski definition) is 2. The lowest BCUT2D eigenvalue weighted by atomic mass is 10.0. The van der Waals surface area contributed by atoms with Gasteiger partial charge in [-0.2, -0.15) is 13.2 Å². The molecule has 1 aliphatic rings. The molecule has 0 aromatic carbocycles. The standard InChI is InChI=1S/C16H22ClF3N4O2/c1-15(4-3-6-26-15)10-24-14(21-2)22-5-7-25-13-12(17)8-11(9-23-13)16(18,19)20/h8-9H,3-7,10H2,1-2H3,(H2,21,22,24). The molecule has 26 heavy (non-hydrogen) atoms. The van der Waals surface area contributed by atoms with E-state index in [1.165, 1.54) is 0 Å². The minimum atomic E-state index is -4.49. The van der Waals surface area contributed by atoms with E-state index < -0.39 is 11.7 Å². The van der Waals surface area contributed by atoms with Crippen LogP contribution >= 0.6 is 11.6 Å². The van der Waals surface area contributed by atoms with Crippen molar-refractivity contribution in [3.8, 4) is 5.88 Å². The monoisotopic (exact) mass is 394 g/mol. The molecule has 2 rings (SSSR count). The summed E-state index contributed by atoms with van der Waals surface area (Å²) in [6.45, 7) is 3.96. The fraction of sp³-hybridized carbons (Fsp3) is 0.625. The summed E-state index contributed by atoms with van der Waals surface area (Å²) in [4.78, 5) is 7.71. The molecule has 2 heterocycles. The highest BCUT2D eigenvalue weighted by Crippen LogP contribution is 2.33. The number of hydrogen-bond acceptors (Lipinski definition) is 4. The van der Waals surface area contributed by atoms with Gasteiger partial charge in [-0.25, -0.2) is 4.98 Å². The van der Waals surface area contributed by atoms with Gasteiger partial charge in [0.2, 0.25) is 5.88 Å². The quantitative estimate of drug-likeness (QED) is 0.441. The van der Waals surface area contributed by atoms with E-state index in [0.717, 1.165) is 25.5 Å². The molecule has 0 spiro atoms. The maximum atomic E-state index is 12.6. The van der Waals surface area contributed by atoms with Crippen molar-refractivity contribution in [2.75, 3.05) is 33.4 Å². The van der Waals surface area contributed by atoms with Gasteiger partial charge < -0.3 is 20.1 Å². The summed E-state index contributed by atoms with van der Waals surface area (Å²) in [5.74, 6) is 0.535. The molecule has 146 valence electrons. The van der Waals surface area contributed by atoms with Crippen LogP contribution in [0.15, 0.2) is 17.3 Å². The summed E-state index contributed by atoms with van der Waals surface area (Å²) < 4.78 is 48.7. The van der Waals surface area contributed by atoms with Crippen LogP contribution in [0.5, 0.6) is 5.88 Å². The normalized spacial score (nSPS) is 20.9. The number of halogens is 4. The van der Waals surface area contributed by atoms with Crippen LogP contribution in [0.1, 0.15) is 25.3 Å². The summed E-state index contributed by atoms with van der Waals surface area (Å²) in [5, 5.41) is 6.03. The van der Waals surface area contributed by atoms with Crippen molar-refractivity contribution in [1.82, 2.24) is 15.6 Å². The van der Waals surface area contributed by atoms with Crippen molar-refractivity contribution in [2.45, 2.75) is 31.5 Å². The van der Waals surface area contributed by atoms with Crippen molar-refractivity contribution in [2.24, 2.45) is 4.99 Å². The highest BCUT2D eigenvalue weighted by atomic mass is 35.5. The van der Waals surface area contributed by atoms with E-state index >= 15 is 0 Å². The average Bonchev–Trinajstić information content (AvgIpc) is 3.01. The second-order valence-corrected chi connectivity index (χ2v) is 6.52. The maximum Gasteiger partial charge on any atom is 0.417 e. The number of ether oxygens (including phenoxy) is 2. The van der Waals surface area contributed by atoms with E-state index in [1.807, 2.05) is 6.92 Å². The molecule has 10 heteroatoms. The SMILES string of the molecule is CN=C(NCCOc1ncc(C(F)(F)F)cc1Cl)NCC1(C)CCCO1. The number of alkyl halides is 3. The van der Waals surface area contributed by atoms with Crippen LogP contribution in [-0.2, 0) is 10.9 Å². The first-order valence-electron chi connectivity index (χ1n) is 8.17. The van der Waals surface area contributed by atoms with Gasteiger partial charge >= 0.3 is 6.18 Å². The van der Waals surface area contributed by atoms with E-state index in [1.54, 1.807) is 7.05 Å². The fourth-order valence-electron chi connectivity index (χ4n) is 2.47. The summed E-state index contributed by atoms with van der Waals surface area (Å²) in [6, 6.07) is 0.792. The van der Waals surface area contributed by atoms with Gasteiger partial charge in [-0.3, -0.25) is 4.99 Å². The van der Waals surface area contributed by atoms with Crippen molar-refractivity contribution < 1.29 is 22.6 Å². The third-order valence-electron chi connectivity index (χ3n) is 3.92. The van der Waals surface area contributed by atoms with E-state index in [-0.39, 0.29) is 23.1 Å². The lowest BCUT2D eigenvalue weighted by Crippen LogP contribution is -2.46. The molecule has 1 aromatic rings. The lowest BCUT2D eigenvalue weighted by molar-refractivity contribution is -0.137. The predicted molar refractivity (Wildman–Crippen MR) is 92.7 cm³/mol. The Hall–Kier alpha value is -1.74. The van der Waals surface area contributed by atoms with E-state index in [2.05, 4.69) is 20.6 Å². The molecule has 2 N–H and O–H groups in total. The molecule has 1 unspecified atom stereocenters. The van der Waals surface area contributed by atoms with Gasteiger partial charge in [0.05, 0.1) is 17.7 Å². The molecule has 1 aromatic heterocycles. The van der Waals surface area contributed by atoms with Gasteiger partial charge in [-0.1, -0.05) is 11.6 Å². The first-order valence-corrected chi connectivity index (χ1v) is 8.55. The first-order chi connectivity index (χ1) is 12.2. The molecule has 0 amide bonds. The topological polar surface area (TPSA) is 67.8 Å². The number of rotatable bonds is 6. The van der Waals surface area contributed by atoms with E-state index in [9.17, 15) is 13.2 Å². The smallest absolute Gasteiger partial charge is 0.417 e. The van der Waals surface area contributed by atoms with Crippen LogP contribution in [0.4, 0.5) is 13.2 Å². The molecule has 0 bridgehead atoms. The van der Waals surface area contributed by atoms with Crippen LogP contribution in [0.25, 0.3) is 0 Å². The number of guanidine groups is 1. The van der Waals surface area contributed by atoms with Gasteiger partial charge in [-0.05, 0) is 25.8 Å². The highest BCUT2D eigenvalue weighted by molar-refractivity contribution is 6.31. The summed E-state index contributed by atoms with van der Waals surface area (Å²) in [7, 11) is 1.64. The van der Waals surface area contributed by atoms with Crippen molar-refractivity contribution in [3.63, 3.8) is 0 Å². The predicted octanol–water partition coefficient (Wildman–Crippen LogP) is 2.87. The Kier molecular flexibility index (Phi) is 6.94. The Morgan fingerprint density at radius 1 is 1.46 bits per heavy atom. The zero-order valence-electron chi connectivity index (χ0n) is 14.6. The fourth-order valence-corrected chi connectivity index (χ4v) is 2.69. The Balaban J connectivity index is 1.75. The summed E-state index contributed by atoms with van der Waals surface area (Å²) in [6.07, 6.45) is -1.77. The second-order valence-electron chi connectivity index (χ2n) is 6.11. The zero-order valence-corrected chi connectivity index (χ0v) is 15.4. The van der Waals surface area contributed by atoms with E-state index in [0.29, 0.717) is 25.2 Å². The molecule has 0 saturated carbocycles. The van der Waals surface area contributed by atoms with Crippen LogP contribution in [-0.4, -0.2) is 49.9 Å². The average molecular weight is 395 g/mol. The van der Waals surface area contributed by atoms with Gasteiger partial charge in [0, 0.05) is 26.4 Å². The van der Waals surface area contributed by atoms with Crippen LogP contribution < -0.4 is 15.4 Å². The second kappa shape index (κ2) is 8.77. The maximum absolute atomic E-state index is 12.6. The molecule has 1 saturated heterocycles. The number of nitrogens with zero attached hydrogens (tertiary/aromatic N) is 2. The van der Waals surface area contributed by atoms with Crippen molar-refractivity contribution in [1.29, 1.82) is 0 Å². The highest BCUT2D eigenvalue weighted by Gasteiger charge is 2.32. The lowest BCUT2D eigenvalue weighted by Gasteiger charge is -2.24. The summed E-state index contributed by atoms with van der Waals surface area (Å²) >= 11 is 5.78. The minimum absolute atomic E-state index is 0.0451. The Labute approximate surface area is 155 Å². The largest absolute Gasteiger partial charge is 0.475 e. The third kappa shape index (κ3) is 5.91. The van der Waals surface area contributed by atoms with Crippen LogP contribution in [0.2, 0.25) is 5.02 Å². The Morgan fingerprint density at radius 2 is 2.23 bits per heavy atom. The van der Waals surface area contributed by atoms with E-state index in [4.69, 9.17) is 21.1 Å². The minimum Gasteiger partial charge on any atom is -0.475 e. The van der Waals surface area contributed by atoms with Gasteiger partial charge in [-0.15, -0.1) is 0 Å². The third-order valence-corrected chi connectivity index (χ3v) is 4.19. The van der Waals surface area contributed by atoms with Crippen LogP contribution in [0, 0.1) is 0 Å². The molecule has 0 aliphatic carbocycles. The molecular formula is C16H22ClF3N4O2. The molecule has 1 fully saturated rings. The zero-order chi connectivity index (χ0) is 19.2. The molecule has 1 atom stereocenters. The van der Waals surface area contributed by atoms with Crippen molar-refractivity contribution >= 4 is 17.6 Å². The number of nitrogens with one attached hydrogen (secondary N) is 2. The van der Waals surface area contributed by atoms with Gasteiger partial charge in [0.1, 0.15) is 11.6 Å². The van der Waals surface area contributed by atoms with Crippen molar-refractivity contribution in [3.05, 3.63) is 22.8 Å². The molecule has 1 aliphatic heterocycles. The van der Waals surface area contributed by atoms with Gasteiger partial charge in [0.25, 0.3) is 0 Å². The molecule has 6 nitrogen and oxygen atoms in total. The Morgan fingerprint density at radius 3 is 2.81 bits per heavy atom.